The Morgan fingerprint density at radius 1 is 0.468 bits per heavy atom. The number of aryl methyl sites for hydroxylation is 1. The number of hydrogen-bond donors (Lipinski definition) is 0. The van der Waals surface area contributed by atoms with E-state index < -0.39 is 0 Å². The van der Waals surface area contributed by atoms with Crippen LogP contribution in [-0.2, 0) is 5.41 Å². The molecule has 0 N–H and O–H groups in total. The lowest BCUT2D eigenvalue weighted by Gasteiger charge is -2.22. The number of benzene rings is 8. The van der Waals surface area contributed by atoms with Gasteiger partial charge in [0.25, 0.3) is 0 Å². The predicted molar refractivity (Wildman–Crippen MR) is 200 cm³/mol. The first-order valence-corrected chi connectivity index (χ1v) is 16.4. The van der Waals surface area contributed by atoms with Crippen LogP contribution in [0, 0.1) is 18.3 Å². The van der Waals surface area contributed by atoms with Crippen molar-refractivity contribution in [2.24, 2.45) is 0 Å². The monoisotopic (exact) mass is 599 g/mol. The van der Waals surface area contributed by atoms with Crippen LogP contribution >= 0.6 is 0 Å². The van der Waals surface area contributed by atoms with Crippen molar-refractivity contribution in [3.8, 4) is 50.6 Å². The number of nitrogens with zero attached hydrogens (tertiary/aromatic N) is 1. The fourth-order valence-corrected chi connectivity index (χ4v) is 7.77. The van der Waals surface area contributed by atoms with Crippen molar-refractivity contribution < 1.29 is 0 Å². The Bertz CT molecular complexity index is 2680. The van der Waals surface area contributed by atoms with Crippen molar-refractivity contribution in [1.82, 2.24) is 0 Å². The van der Waals surface area contributed by atoms with E-state index in [9.17, 15) is 5.26 Å². The summed E-state index contributed by atoms with van der Waals surface area (Å²) in [6.45, 7) is 9.06. The van der Waals surface area contributed by atoms with E-state index in [0.29, 0.717) is 5.56 Å². The molecule has 222 valence electrons. The quantitative estimate of drug-likeness (QED) is 0.181. The molecular weight excluding hydrogens is 567 g/mol. The summed E-state index contributed by atoms with van der Waals surface area (Å²) in [6.07, 6.45) is 0. The maximum absolute atomic E-state index is 9.60. The molecule has 0 atom stereocenters. The van der Waals surface area contributed by atoms with Gasteiger partial charge in [-0.1, -0.05) is 123 Å². The SMILES string of the molecule is Cc1ccc2c(-c3cc(-c4ccc5c(ccc6cc7c8c(cccc8c65)-c5ccc(C#N)cc5-7)c4)cc(C(C)(C)C)c3)cccc2c1. The number of rotatable bonds is 2. The van der Waals surface area contributed by atoms with Gasteiger partial charge in [-0.15, -0.1) is 0 Å². The second-order valence-electron chi connectivity index (χ2n) is 14.2. The van der Waals surface area contributed by atoms with E-state index in [4.69, 9.17) is 0 Å². The molecule has 0 aliphatic heterocycles. The van der Waals surface area contributed by atoms with E-state index in [1.165, 1.54) is 93.2 Å². The molecule has 0 bridgehead atoms. The lowest BCUT2D eigenvalue weighted by Crippen LogP contribution is -2.11. The van der Waals surface area contributed by atoms with Crippen LogP contribution < -0.4 is 0 Å². The Balaban J connectivity index is 1.25. The molecule has 0 fully saturated rings. The molecule has 0 heterocycles. The minimum atomic E-state index is 0.00512. The molecule has 1 nitrogen and oxygen atoms in total. The largest absolute Gasteiger partial charge is 0.192 e. The summed E-state index contributed by atoms with van der Waals surface area (Å²) in [5, 5.41) is 19.7. The molecule has 0 aromatic heterocycles. The predicted octanol–water partition coefficient (Wildman–Crippen LogP) is 12.8. The Morgan fingerprint density at radius 2 is 1.23 bits per heavy atom. The van der Waals surface area contributed by atoms with Crippen LogP contribution in [-0.4, -0.2) is 0 Å². The van der Waals surface area contributed by atoms with Gasteiger partial charge in [-0.25, -0.2) is 0 Å². The van der Waals surface area contributed by atoms with Crippen molar-refractivity contribution in [3.05, 3.63) is 144 Å². The third kappa shape index (κ3) is 4.22. The first kappa shape index (κ1) is 27.6. The van der Waals surface area contributed by atoms with Gasteiger partial charge in [0.05, 0.1) is 11.6 Å². The van der Waals surface area contributed by atoms with Crippen molar-refractivity contribution in [3.63, 3.8) is 0 Å². The van der Waals surface area contributed by atoms with Crippen molar-refractivity contribution in [2.45, 2.75) is 33.1 Å². The van der Waals surface area contributed by atoms with E-state index in [-0.39, 0.29) is 5.41 Å². The molecule has 8 aromatic carbocycles. The molecule has 8 aromatic rings. The maximum Gasteiger partial charge on any atom is 0.0991 e. The lowest BCUT2D eigenvalue weighted by molar-refractivity contribution is 0.591. The van der Waals surface area contributed by atoms with Crippen LogP contribution in [0.2, 0.25) is 0 Å². The molecule has 47 heavy (non-hydrogen) atoms. The van der Waals surface area contributed by atoms with E-state index >= 15 is 0 Å². The zero-order valence-corrected chi connectivity index (χ0v) is 27.1. The zero-order valence-electron chi connectivity index (χ0n) is 27.1. The number of nitriles is 1. The van der Waals surface area contributed by atoms with Gasteiger partial charge in [0, 0.05) is 0 Å². The summed E-state index contributed by atoms with van der Waals surface area (Å²) < 4.78 is 0. The molecule has 1 heteroatoms. The van der Waals surface area contributed by atoms with Crippen LogP contribution in [0.1, 0.15) is 37.5 Å². The van der Waals surface area contributed by atoms with Crippen LogP contribution in [0.5, 0.6) is 0 Å². The lowest BCUT2D eigenvalue weighted by atomic mass is 9.82. The third-order valence-corrected chi connectivity index (χ3v) is 10.2. The van der Waals surface area contributed by atoms with Crippen LogP contribution in [0.3, 0.4) is 0 Å². The van der Waals surface area contributed by atoms with Gasteiger partial charge in [0.15, 0.2) is 0 Å². The molecule has 0 amide bonds. The highest BCUT2D eigenvalue weighted by Gasteiger charge is 2.24. The molecule has 0 saturated heterocycles. The smallest absolute Gasteiger partial charge is 0.0991 e. The Morgan fingerprint density at radius 3 is 2.09 bits per heavy atom. The first-order valence-electron chi connectivity index (χ1n) is 16.4. The molecule has 1 aliphatic rings. The Labute approximate surface area is 275 Å². The number of hydrogen-bond acceptors (Lipinski definition) is 1. The summed E-state index contributed by atoms with van der Waals surface area (Å²) in [7, 11) is 0. The van der Waals surface area contributed by atoms with E-state index in [0.717, 1.165) is 5.56 Å². The average Bonchev–Trinajstić information content (AvgIpc) is 3.40. The molecule has 0 spiro atoms. The summed E-state index contributed by atoms with van der Waals surface area (Å²) in [5.74, 6) is 0. The summed E-state index contributed by atoms with van der Waals surface area (Å²) in [5.41, 5.74) is 13.1. The van der Waals surface area contributed by atoms with E-state index in [2.05, 4.69) is 149 Å². The van der Waals surface area contributed by atoms with Gasteiger partial charge in [0.2, 0.25) is 0 Å². The van der Waals surface area contributed by atoms with Crippen molar-refractivity contribution in [1.29, 1.82) is 5.26 Å². The molecule has 0 unspecified atom stereocenters. The summed E-state index contributed by atoms with van der Waals surface area (Å²) in [6, 6.07) is 49.5. The molecule has 0 radical (unpaired) electrons. The second-order valence-corrected chi connectivity index (χ2v) is 14.2. The van der Waals surface area contributed by atoms with Crippen LogP contribution in [0.4, 0.5) is 0 Å². The highest BCUT2D eigenvalue weighted by molar-refractivity contribution is 6.28. The fourth-order valence-electron chi connectivity index (χ4n) is 7.77. The van der Waals surface area contributed by atoms with Gasteiger partial charge >= 0.3 is 0 Å². The van der Waals surface area contributed by atoms with Crippen LogP contribution in [0.25, 0.3) is 87.6 Å². The minimum Gasteiger partial charge on any atom is -0.192 e. The van der Waals surface area contributed by atoms with E-state index in [1.807, 2.05) is 12.1 Å². The van der Waals surface area contributed by atoms with Gasteiger partial charge < -0.3 is 0 Å². The summed E-state index contributed by atoms with van der Waals surface area (Å²) >= 11 is 0. The standard InChI is InChI=1S/C46H33N/c1-27-11-16-37-30(19-27)7-5-8-36(37)34-22-33(23-35(24-34)46(2,3)4)29-15-18-38-31(21-29)13-14-32-25-43-42-20-28(26-47)12-17-39(42)40-9-6-10-41(44(32)38)45(40)43/h5-25H,1-4H3. The van der Waals surface area contributed by atoms with Gasteiger partial charge in [0.1, 0.15) is 0 Å². The third-order valence-electron chi connectivity index (χ3n) is 10.2. The van der Waals surface area contributed by atoms with Crippen molar-refractivity contribution in [2.75, 3.05) is 0 Å². The molecule has 1 aliphatic carbocycles. The highest BCUT2D eigenvalue weighted by atomic mass is 14.3. The summed E-state index contributed by atoms with van der Waals surface area (Å²) in [4.78, 5) is 0. The van der Waals surface area contributed by atoms with Gasteiger partial charge in [-0.05, 0) is 136 Å². The maximum atomic E-state index is 9.60. The topological polar surface area (TPSA) is 23.8 Å². The molecule has 9 rings (SSSR count). The van der Waals surface area contributed by atoms with Crippen LogP contribution in [0.15, 0.2) is 127 Å². The van der Waals surface area contributed by atoms with Gasteiger partial charge in [-0.2, -0.15) is 5.26 Å². The normalized spacial score (nSPS) is 12.2. The fraction of sp³-hybridized carbons (Fsp3) is 0.109. The zero-order chi connectivity index (χ0) is 32.0. The average molecular weight is 600 g/mol. The second kappa shape index (κ2) is 9.89. The minimum absolute atomic E-state index is 0.00512. The number of fused-ring (bicyclic) bond motifs is 8. The molecular formula is C46H33N. The Hall–Kier alpha value is -5.71. The van der Waals surface area contributed by atoms with E-state index in [1.54, 1.807) is 0 Å². The highest BCUT2D eigenvalue weighted by Crippen LogP contribution is 2.50. The van der Waals surface area contributed by atoms with Crippen molar-refractivity contribution >= 4 is 43.1 Å². The Kier molecular flexibility index (Phi) is 5.81. The first-order chi connectivity index (χ1) is 22.8. The van der Waals surface area contributed by atoms with Gasteiger partial charge in [-0.3, -0.25) is 0 Å². The molecule has 0 saturated carbocycles.